The Labute approximate surface area is 199 Å². The lowest BCUT2D eigenvalue weighted by molar-refractivity contribution is 0.483. The van der Waals surface area contributed by atoms with Gasteiger partial charge in [-0.05, 0) is 30.5 Å². The van der Waals surface area contributed by atoms with E-state index in [0.29, 0.717) is 0 Å². The normalized spacial score (nSPS) is 11.8. The van der Waals surface area contributed by atoms with Gasteiger partial charge in [-0.3, -0.25) is 4.55 Å². The van der Waals surface area contributed by atoms with Crippen LogP contribution in [0.5, 0.6) is 0 Å². The first-order valence-corrected chi connectivity index (χ1v) is 15.0. The highest BCUT2D eigenvalue weighted by Crippen LogP contribution is 2.16. The molecule has 1 aromatic rings. The van der Waals surface area contributed by atoms with Gasteiger partial charge in [0, 0.05) is 0 Å². The zero-order valence-electron chi connectivity index (χ0n) is 20.8. The van der Waals surface area contributed by atoms with Gasteiger partial charge in [0.1, 0.15) is 0 Å². The minimum atomic E-state index is -4.07. The predicted octanol–water partition coefficient (Wildman–Crippen LogP) is 9.30. The van der Waals surface area contributed by atoms with Gasteiger partial charge in [0.05, 0.1) is 4.90 Å². The Kier molecular flexibility index (Phi) is 17.8. The fraction of sp³-hybridized carbons (Fsp3) is 0.786. The Morgan fingerprint density at radius 3 is 1.16 bits per heavy atom. The molecular formula is C28H50O3S. The standard InChI is InChI=1S/C28H50O3S/c1-2-3-4-5-6-7-8-9-10-11-12-13-14-15-16-17-18-19-20-21-22-27-23-25-28(26-24-27)32(29,30)31/h23-26H,2-22H2,1H3,(H,29,30,31). The number of hydrogen-bond acceptors (Lipinski definition) is 2. The maximum atomic E-state index is 11.0. The van der Waals surface area contributed by atoms with Crippen LogP contribution in [0.4, 0.5) is 0 Å². The summed E-state index contributed by atoms with van der Waals surface area (Å²) in [7, 11) is -4.07. The molecule has 0 heterocycles. The molecule has 0 saturated heterocycles. The topological polar surface area (TPSA) is 54.4 Å². The molecule has 0 radical (unpaired) electrons. The molecule has 4 heteroatoms. The fourth-order valence-corrected chi connectivity index (χ4v) is 4.89. The van der Waals surface area contributed by atoms with E-state index >= 15 is 0 Å². The first-order chi connectivity index (χ1) is 15.5. The van der Waals surface area contributed by atoms with Crippen LogP contribution in [0, 0.1) is 0 Å². The monoisotopic (exact) mass is 466 g/mol. The zero-order valence-corrected chi connectivity index (χ0v) is 21.6. The van der Waals surface area contributed by atoms with Crippen molar-refractivity contribution in [3.63, 3.8) is 0 Å². The summed E-state index contributed by atoms with van der Waals surface area (Å²) >= 11 is 0. The Bertz CT molecular complexity index is 637. The Hall–Kier alpha value is -0.870. The molecule has 3 nitrogen and oxygen atoms in total. The molecule has 0 spiro atoms. The molecule has 32 heavy (non-hydrogen) atoms. The number of hydrogen-bond donors (Lipinski definition) is 1. The molecule has 0 bridgehead atoms. The van der Waals surface area contributed by atoms with Crippen LogP contribution < -0.4 is 0 Å². The first-order valence-electron chi connectivity index (χ1n) is 13.6. The molecule has 0 fully saturated rings. The number of rotatable bonds is 22. The second-order valence-electron chi connectivity index (χ2n) is 9.59. The van der Waals surface area contributed by atoms with E-state index in [1.807, 2.05) is 0 Å². The van der Waals surface area contributed by atoms with Gasteiger partial charge in [-0.2, -0.15) is 8.42 Å². The third kappa shape index (κ3) is 16.7. The van der Waals surface area contributed by atoms with Crippen LogP contribution in [0.3, 0.4) is 0 Å². The average molecular weight is 467 g/mol. The lowest BCUT2D eigenvalue weighted by Crippen LogP contribution is -1.98. The Morgan fingerprint density at radius 1 is 0.531 bits per heavy atom. The van der Waals surface area contributed by atoms with Crippen molar-refractivity contribution in [1.29, 1.82) is 0 Å². The van der Waals surface area contributed by atoms with E-state index in [-0.39, 0.29) is 4.90 Å². The minimum Gasteiger partial charge on any atom is -0.282 e. The number of aryl methyl sites for hydroxylation is 1. The number of unbranched alkanes of at least 4 members (excludes halogenated alkanes) is 19. The van der Waals surface area contributed by atoms with Crippen LogP contribution in [0.25, 0.3) is 0 Å². The lowest BCUT2D eigenvalue weighted by Gasteiger charge is -2.05. The van der Waals surface area contributed by atoms with Gasteiger partial charge in [-0.1, -0.05) is 141 Å². The summed E-state index contributed by atoms with van der Waals surface area (Å²) in [5.74, 6) is 0. The molecule has 0 aromatic heterocycles. The number of benzene rings is 1. The third-order valence-corrected chi connectivity index (χ3v) is 7.41. The molecule has 0 atom stereocenters. The lowest BCUT2D eigenvalue weighted by atomic mass is 10.0. The van der Waals surface area contributed by atoms with Crippen molar-refractivity contribution in [1.82, 2.24) is 0 Å². The van der Waals surface area contributed by atoms with Crippen LogP contribution in [0.1, 0.15) is 141 Å². The second kappa shape index (κ2) is 19.6. The van der Waals surface area contributed by atoms with Crippen molar-refractivity contribution in [3.8, 4) is 0 Å². The van der Waals surface area contributed by atoms with Crippen LogP contribution in [-0.4, -0.2) is 13.0 Å². The van der Waals surface area contributed by atoms with E-state index in [9.17, 15) is 8.42 Å². The van der Waals surface area contributed by atoms with Gasteiger partial charge < -0.3 is 0 Å². The predicted molar refractivity (Wildman–Crippen MR) is 138 cm³/mol. The molecule has 1 N–H and O–H groups in total. The maximum absolute atomic E-state index is 11.0. The summed E-state index contributed by atoms with van der Waals surface area (Å²) < 4.78 is 31.1. The van der Waals surface area contributed by atoms with Crippen molar-refractivity contribution in [3.05, 3.63) is 29.8 Å². The van der Waals surface area contributed by atoms with Gasteiger partial charge in [-0.25, -0.2) is 0 Å². The summed E-state index contributed by atoms with van der Waals surface area (Å²) in [5.41, 5.74) is 1.14. The van der Waals surface area contributed by atoms with Gasteiger partial charge >= 0.3 is 0 Å². The molecule has 1 aromatic carbocycles. The van der Waals surface area contributed by atoms with Crippen molar-refractivity contribution < 1.29 is 13.0 Å². The average Bonchev–Trinajstić information content (AvgIpc) is 2.77. The van der Waals surface area contributed by atoms with Crippen molar-refractivity contribution in [2.45, 2.75) is 147 Å². The highest BCUT2D eigenvalue weighted by atomic mass is 32.2. The van der Waals surface area contributed by atoms with E-state index < -0.39 is 10.1 Å². The van der Waals surface area contributed by atoms with Crippen LogP contribution in [0.15, 0.2) is 29.2 Å². The summed E-state index contributed by atoms with van der Waals surface area (Å²) in [6.07, 6.45) is 28.7. The van der Waals surface area contributed by atoms with E-state index in [4.69, 9.17) is 4.55 Å². The van der Waals surface area contributed by atoms with E-state index in [0.717, 1.165) is 18.4 Å². The van der Waals surface area contributed by atoms with Crippen LogP contribution in [0.2, 0.25) is 0 Å². The summed E-state index contributed by atoms with van der Waals surface area (Å²) in [6.45, 7) is 2.29. The first kappa shape index (κ1) is 29.2. The van der Waals surface area contributed by atoms with E-state index in [1.54, 1.807) is 12.1 Å². The fourth-order valence-electron chi connectivity index (χ4n) is 4.41. The van der Waals surface area contributed by atoms with Gasteiger partial charge in [-0.15, -0.1) is 0 Å². The molecule has 0 aliphatic rings. The molecular weight excluding hydrogens is 416 g/mol. The van der Waals surface area contributed by atoms with Gasteiger partial charge in [0.25, 0.3) is 10.1 Å². The molecule has 0 unspecified atom stereocenters. The smallest absolute Gasteiger partial charge is 0.282 e. The van der Waals surface area contributed by atoms with Gasteiger partial charge in [0.15, 0.2) is 0 Å². The molecule has 0 aliphatic carbocycles. The Morgan fingerprint density at radius 2 is 0.844 bits per heavy atom. The largest absolute Gasteiger partial charge is 0.294 e. The summed E-state index contributed by atoms with van der Waals surface area (Å²) in [6, 6.07) is 6.58. The molecule has 0 saturated carbocycles. The zero-order chi connectivity index (χ0) is 23.3. The van der Waals surface area contributed by atoms with Crippen LogP contribution in [-0.2, 0) is 16.5 Å². The highest BCUT2D eigenvalue weighted by molar-refractivity contribution is 7.85. The summed E-state index contributed by atoms with van der Waals surface area (Å²) in [5, 5.41) is 0. The van der Waals surface area contributed by atoms with Gasteiger partial charge in [0.2, 0.25) is 0 Å². The summed E-state index contributed by atoms with van der Waals surface area (Å²) in [4.78, 5) is -0.0234. The van der Waals surface area contributed by atoms with E-state index in [2.05, 4.69) is 6.92 Å². The quantitative estimate of drug-likeness (QED) is 0.137. The molecule has 0 amide bonds. The second-order valence-corrected chi connectivity index (χ2v) is 11.0. The molecule has 0 aliphatic heterocycles. The van der Waals surface area contributed by atoms with Crippen LogP contribution >= 0.6 is 0 Å². The minimum absolute atomic E-state index is 0.0234. The molecule has 1 rings (SSSR count). The van der Waals surface area contributed by atoms with Crippen molar-refractivity contribution in [2.24, 2.45) is 0 Å². The third-order valence-electron chi connectivity index (χ3n) is 6.54. The highest BCUT2D eigenvalue weighted by Gasteiger charge is 2.08. The van der Waals surface area contributed by atoms with E-state index in [1.165, 1.54) is 134 Å². The Balaban J connectivity index is 1.78. The SMILES string of the molecule is CCCCCCCCCCCCCCCCCCCCCCc1ccc(S(=O)(=O)O)cc1. The maximum Gasteiger partial charge on any atom is 0.294 e. The van der Waals surface area contributed by atoms with Crippen molar-refractivity contribution in [2.75, 3.05) is 0 Å². The van der Waals surface area contributed by atoms with Crippen molar-refractivity contribution >= 4 is 10.1 Å². The molecule has 186 valence electrons.